The van der Waals surface area contributed by atoms with Crippen molar-refractivity contribution in [1.82, 2.24) is 4.98 Å². The summed E-state index contributed by atoms with van der Waals surface area (Å²) >= 11 is 6.65. The Hall–Kier alpha value is -5.33. The fourth-order valence-corrected chi connectivity index (χ4v) is 5.38. The molecule has 1 aromatic heterocycles. The van der Waals surface area contributed by atoms with Gasteiger partial charge in [-0.05, 0) is 64.0 Å². The summed E-state index contributed by atoms with van der Waals surface area (Å²) in [5.74, 6) is 0.502. The van der Waals surface area contributed by atoms with Crippen LogP contribution in [-0.4, -0.2) is 23.2 Å². The first-order valence-corrected chi connectivity index (χ1v) is 14.0. The molecule has 6 rings (SSSR count). The maximum Gasteiger partial charge on any atom is 0.315 e. The number of esters is 1. The number of carbonyl (C=O) groups excluding carboxylic acids is 1. The lowest BCUT2D eigenvalue weighted by Gasteiger charge is -2.12. The average Bonchev–Trinajstić information content (AvgIpc) is 3.01. The van der Waals surface area contributed by atoms with Crippen LogP contribution in [0.4, 0.5) is 0 Å². The van der Waals surface area contributed by atoms with Gasteiger partial charge in [-0.3, -0.25) is 9.59 Å². The highest BCUT2D eigenvalue weighted by Crippen LogP contribution is 2.37. The number of phenolic OH excluding ortho intramolecular Hbond substituents is 1. The number of ether oxygens (including phenoxy) is 2. The van der Waals surface area contributed by atoms with Gasteiger partial charge in [0.1, 0.15) is 5.75 Å². The molecule has 0 saturated heterocycles. The minimum Gasteiger partial charge on any atom is -0.507 e. The molecule has 212 valence electrons. The highest BCUT2D eigenvalue weighted by Gasteiger charge is 2.15. The third kappa shape index (κ3) is 5.87. The van der Waals surface area contributed by atoms with E-state index in [9.17, 15) is 14.7 Å². The Morgan fingerprint density at radius 1 is 0.744 bits per heavy atom. The van der Waals surface area contributed by atoms with Gasteiger partial charge < -0.3 is 19.6 Å². The topological polar surface area (TPSA) is 88.6 Å². The van der Waals surface area contributed by atoms with Gasteiger partial charge in [0.15, 0.2) is 11.5 Å². The van der Waals surface area contributed by atoms with Crippen molar-refractivity contribution in [2.75, 3.05) is 7.11 Å². The molecule has 0 aliphatic carbocycles. The van der Waals surface area contributed by atoms with E-state index in [4.69, 9.17) is 21.1 Å². The lowest BCUT2D eigenvalue weighted by molar-refractivity contribution is -0.133. The highest BCUT2D eigenvalue weighted by atomic mass is 35.5. The fourth-order valence-electron chi connectivity index (χ4n) is 5.10. The molecule has 0 fully saturated rings. The van der Waals surface area contributed by atoms with Gasteiger partial charge in [0.2, 0.25) is 0 Å². The van der Waals surface area contributed by atoms with E-state index in [1.807, 2.05) is 60.7 Å². The van der Waals surface area contributed by atoms with Gasteiger partial charge in [-0.1, -0.05) is 90.5 Å². The largest absolute Gasteiger partial charge is 0.507 e. The number of phenols is 1. The lowest BCUT2D eigenvalue weighted by Crippen LogP contribution is -2.12. The van der Waals surface area contributed by atoms with Crippen molar-refractivity contribution < 1.29 is 19.4 Å². The van der Waals surface area contributed by atoms with Crippen LogP contribution in [0.15, 0.2) is 120 Å². The second kappa shape index (κ2) is 11.9. The van der Waals surface area contributed by atoms with Crippen LogP contribution in [0.3, 0.4) is 0 Å². The fraction of sp³-hybridized carbons (Fsp3) is 0.0556. The van der Waals surface area contributed by atoms with Crippen LogP contribution >= 0.6 is 11.6 Å². The molecule has 6 nitrogen and oxygen atoms in total. The number of hydrogen-bond donors (Lipinski definition) is 2. The predicted octanol–water partition coefficient (Wildman–Crippen LogP) is 8.04. The number of benzene rings is 5. The molecule has 0 atom stereocenters. The Balaban J connectivity index is 1.31. The summed E-state index contributed by atoms with van der Waals surface area (Å²) in [5, 5.41) is 12.0. The number of rotatable bonds is 7. The molecule has 0 radical (unpaired) electrons. The first kappa shape index (κ1) is 27.8. The monoisotopic (exact) mass is 587 g/mol. The molecule has 6 aromatic rings. The van der Waals surface area contributed by atoms with Crippen molar-refractivity contribution in [3.05, 3.63) is 136 Å². The van der Waals surface area contributed by atoms with Crippen LogP contribution in [-0.2, 0) is 11.2 Å². The van der Waals surface area contributed by atoms with E-state index in [0.29, 0.717) is 38.7 Å². The molecule has 0 aliphatic rings. The number of methoxy groups -OCH3 is 1. The average molecular weight is 588 g/mol. The summed E-state index contributed by atoms with van der Waals surface area (Å²) in [4.78, 5) is 28.7. The van der Waals surface area contributed by atoms with E-state index in [-0.39, 0.29) is 17.7 Å². The molecular formula is C36H26ClNO5. The Kier molecular flexibility index (Phi) is 7.69. The van der Waals surface area contributed by atoms with Crippen LogP contribution in [0.5, 0.6) is 17.2 Å². The first-order chi connectivity index (χ1) is 20.9. The Labute approximate surface area is 252 Å². The standard InChI is InChI=1S/C36H26ClNO5/c1-42-33-12-5-6-13-34(33)43-35(40)17-22-8-7-11-24(16-22)29-19-26-18-28(30(37)21-31(26)38-36(29)41)25-14-15-27(32(39)20-25)23-9-3-2-4-10-23/h2-16,18-21,39H,17H2,1H3,(H,38,41). The summed E-state index contributed by atoms with van der Waals surface area (Å²) in [6, 6.07) is 34.7. The number of para-hydroxylation sites is 2. The summed E-state index contributed by atoms with van der Waals surface area (Å²) < 4.78 is 10.8. The normalized spacial score (nSPS) is 10.9. The number of fused-ring (bicyclic) bond motifs is 1. The van der Waals surface area contributed by atoms with E-state index < -0.39 is 5.97 Å². The van der Waals surface area contributed by atoms with E-state index >= 15 is 0 Å². The van der Waals surface area contributed by atoms with Crippen LogP contribution in [0, 0.1) is 0 Å². The number of halogens is 1. The van der Waals surface area contributed by atoms with Crippen molar-refractivity contribution in [1.29, 1.82) is 0 Å². The van der Waals surface area contributed by atoms with Crippen LogP contribution < -0.4 is 15.0 Å². The Morgan fingerprint density at radius 3 is 2.21 bits per heavy atom. The van der Waals surface area contributed by atoms with Gasteiger partial charge in [-0.2, -0.15) is 0 Å². The Bertz CT molecular complexity index is 2030. The van der Waals surface area contributed by atoms with Gasteiger partial charge in [-0.15, -0.1) is 0 Å². The van der Waals surface area contributed by atoms with Crippen LogP contribution in [0.1, 0.15) is 5.56 Å². The van der Waals surface area contributed by atoms with Crippen molar-refractivity contribution in [2.45, 2.75) is 6.42 Å². The SMILES string of the molecule is COc1ccccc1OC(=O)Cc1cccc(-c2cc3cc(-c4ccc(-c5ccccc5)c(O)c4)c(Cl)cc3[nH]c2=O)c1. The number of pyridine rings is 1. The Morgan fingerprint density at radius 2 is 1.44 bits per heavy atom. The third-order valence-corrected chi connectivity index (χ3v) is 7.52. The smallest absolute Gasteiger partial charge is 0.315 e. The van der Waals surface area contributed by atoms with Gasteiger partial charge in [0, 0.05) is 22.2 Å². The maximum atomic E-state index is 13.1. The van der Waals surface area contributed by atoms with Crippen molar-refractivity contribution in [3.8, 4) is 50.6 Å². The summed E-state index contributed by atoms with van der Waals surface area (Å²) in [7, 11) is 1.51. The number of carbonyl (C=O) groups is 1. The van der Waals surface area contributed by atoms with Crippen LogP contribution in [0.25, 0.3) is 44.3 Å². The quantitative estimate of drug-likeness (QED) is 0.146. The van der Waals surface area contributed by atoms with Gasteiger partial charge in [0.25, 0.3) is 5.56 Å². The molecule has 7 heteroatoms. The second-order valence-corrected chi connectivity index (χ2v) is 10.4. The van der Waals surface area contributed by atoms with Crippen molar-refractivity contribution in [2.24, 2.45) is 0 Å². The van der Waals surface area contributed by atoms with E-state index in [2.05, 4.69) is 4.98 Å². The molecule has 0 amide bonds. The molecular weight excluding hydrogens is 562 g/mol. The number of aromatic amines is 1. The summed E-state index contributed by atoms with van der Waals surface area (Å²) in [6.07, 6.45) is 0.0135. The number of nitrogens with one attached hydrogen (secondary N) is 1. The van der Waals surface area contributed by atoms with Crippen molar-refractivity contribution >= 4 is 28.5 Å². The number of aromatic nitrogens is 1. The summed E-state index contributed by atoms with van der Waals surface area (Å²) in [5.41, 5.74) is 5.20. The molecule has 43 heavy (non-hydrogen) atoms. The number of aromatic hydroxyl groups is 1. The molecule has 1 heterocycles. The molecule has 5 aromatic carbocycles. The van der Waals surface area contributed by atoms with E-state index in [1.165, 1.54) is 7.11 Å². The summed E-state index contributed by atoms with van der Waals surface area (Å²) in [6.45, 7) is 0. The van der Waals surface area contributed by atoms with Gasteiger partial charge in [0.05, 0.1) is 18.6 Å². The second-order valence-electron chi connectivity index (χ2n) is 10.0. The zero-order valence-electron chi connectivity index (χ0n) is 23.1. The minimum atomic E-state index is -0.449. The zero-order valence-corrected chi connectivity index (χ0v) is 23.9. The molecule has 0 saturated carbocycles. The van der Waals surface area contributed by atoms with E-state index in [0.717, 1.165) is 27.6 Å². The zero-order chi connectivity index (χ0) is 29.9. The maximum absolute atomic E-state index is 13.1. The van der Waals surface area contributed by atoms with E-state index in [1.54, 1.807) is 54.6 Å². The number of H-pyrrole nitrogens is 1. The van der Waals surface area contributed by atoms with Crippen molar-refractivity contribution in [3.63, 3.8) is 0 Å². The van der Waals surface area contributed by atoms with Gasteiger partial charge >= 0.3 is 5.97 Å². The number of hydrogen-bond acceptors (Lipinski definition) is 5. The van der Waals surface area contributed by atoms with Crippen LogP contribution in [0.2, 0.25) is 5.02 Å². The molecule has 0 spiro atoms. The molecule has 0 unspecified atom stereocenters. The minimum absolute atomic E-state index is 0.0135. The van der Waals surface area contributed by atoms with Gasteiger partial charge in [-0.25, -0.2) is 0 Å². The molecule has 2 N–H and O–H groups in total. The highest BCUT2D eigenvalue weighted by molar-refractivity contribution is 6.34. The molecule has 0 bridgehead atoms. The first-order valence-electron chi connectivity index (χ1n) is 13.6. The molecule has 0 aliphatic heterocycles. The predicted molar refractivity (Wildman–Crippen MR) is 170 cm³/mol. The third-order valence-electron chi connectivity index (χ3n) is 7.20. The lowest BCUT2D eigenvalue weighted by atomic mass is 9.97.